The van der Waals surface area contributed by atoms with Crippen LogP contribution in [0.2, 0.25) is 5.02 Å². The molecule has 33 heavy (non-hydrogen) atoms. The Morgan fingerprint density at radius 3 is 2.52 bits per heavy atom. The van der Waals surface area contributed by atoms with Crippen LogP contribution < -0.4 is 4.72 Å². The summed E-state index contributed by atoms with van der Waals surface area (Å²) in [5.74, 6) is -1.59. The number of likely N-dealkylation sites (N-methyl/N-ethyl adjacent to an activating group) is 1. The number of benzene rings is 2. The average molecular weight is 515 g/mol. The van der Waals surface area contributed by atoms with Crippen LogP contribution >= 0.6 is 11.6 Å². The highest BCUT2D eigenvalue weighted by atomic mass is 35.5. The molecule has 9 nitrogen and oxygen atoms in total. The number of rotatable bonds is 8. The molecule has 1 fully saturated rings. The van der Waals surface area contributed by atoms with Crippen molar-refractivity contribution in [2.24, 2.45) is 0 Å². The fourth-order valence-electron chi connectivity index (χ4n) is 3.29. The topological polar surface area (TPSA) is 127 Å². The molecule has 1 heterocycles. The van der Waals surface area contributed by atoms with E-state index in [0.29, 0.717) is 6.42 Å². The lowest BCUT2D eigenvalue weighted by atomic mass is 10.2. The normalized spacial score (nSPS) is 17.5. The Bertz CT molecular complexity index is 1250. The van der Waals surface area contributed by atoms with Gasteiger partial charge in [0.25, 0.3) is 5.91 Å². The molecule has 0 unspecified atom stereocenters. The smallest absolute Gasteiger partial charge is 0.338 e. The molecule has 1 aliphatic heterocycles. The molecule has 12 heteroatoms. The minimum atomic E-state index is -4.03. The van der Waals surface area contributed by atoms with Crippen LogP contribution in [0.4, 0.5) is 0 Å². The van der Waals surface area contributed by atoms with Crippen LogP contribution in [0.3, 0.4) is 0 Å². The molecule has 0 saturated carbocycles. The first kappa shape index (κ1) is 25.2. The van der Waals surface area contributed by atoms with Crippen LogP contribution in [0.25, 0.3) is 0 Å². The molecule has 0 bridgehead atoms. The van der Waals surface area contributed by atoms with E-state index in [9.17, 15) is 26.4 Å². The van der Waals surface area contributed by atoms with Gasteiger partial charge in [0.1, 0.15) is 4.90 Å². The molecule has 1 aliphatic rings. The van der Waals surface area contributed by atoms with Crippen molar-refractivity contribution < 1.29 is 31.2 Å². The molecule has 0 aliphatic carbocycles. The zero-order valence-electron chi connectivity index (χ0n) is 17.7. The summed E-state index contributed by atoms with van der Waals surface area (Å²) >= 11 is 6.05. The van der Waals surface area contributed by atoms with E-state index in [1.165, 1.54) is 24.1 Å². The number of halogens is 1. The maximum atomic E-state index is 12.7. The number of sulfonamides is 1. The summed E-state index contributed by atoms with van der Waals surface area (Å²) in [7, 11) is -5.75. The van der Waals surface area contributed by atoms with Gasteiger partial charge >= 0.3 is 5.97 Å². The summed E-state index contributed by atoms with van der Waals surface area (Å²) < 4.78 is 56.0. The van der Waals surface area contributed by atoms with Crippen LogP contribution in [0.5, 0.6) is 0 Å². The SMILES string of the molecule is CN(C(=O)COC(=O)c1ccc(Cl)c(S(=O)(=O)NCc2ccccc2)c1)[C@H]1CCS(=O)(=O)C1. The highest BCUT2D eigenvalue weighted by Gasteiger charge is 2.33. The maximum absolute atomic E-state index is 12.7. The molecule has 178 valence electrons. The van der Waals surface area contributed by atoms with Gasteiger partial charge < -0.3 is 9.64 Å². The summed E-state index contributed by atoms with van der Waals surface area (Å²) in [5, 5.41) is -0.0784. The molecule has 1 N–H and O–H groups in total. The summed E-state index contributed by atoms with van der Waals surface area (Å²) in [5.41, 5.74) is 0.642. The van der Waals surface area contributed by atoms with E-state index < -0.39 is 44.4 Å². The Labute approximate surface area is 197 Å². The summed E-state index contributed by atoms with van der Waals surface area (Å²) in [6.45, 7) is -0.575. The van der Waals surface area contributed by atoms with E-state index in [-0.39, 0.29) is 33.5 Å². The first-order valence-electron chi connectivity index (χ1n) is 9.95. The molecule has 3 rings (SSSR count). The first-order valence-corrected chi connectivity index (χ1v) is 13.6. The molecule has 2 aromatic carbocycles. The number of esters is 1. The third-order valence-corrected chi connectivity index (χ3v) is 8.87. The van der Waals surface area contributed by atoms with E-state index >= 15 is 0 Å². The fourth-order valence-corrected chi connectivity index (χ4v) is 6.60. The Morgan fingerprint density at radius 1 is 1.18 bits per heavy atom. The summed E-state index contributed by atoms with van der Waals surface area (Å²) in [6, 6.07) is 12.0. The van der Waals surface area contributed by atoms with Crippen molar-refractivity contribution in [2.45, 2.75) is 23.9 Å². The van der Waals surface area contributed by atoms with Gasteiger partial charge in [-0.1, -0.05) is 41.9 Å². The second-order valence-electron chi connectivity index (χ2n) is 7.59. The van der Waals surface area contributed by atoms with E-state index in [2.05, 4.69) is 4.72 Å². The molecular formula is C21H23ClN2O7S2. The molecule has 1 amide bonds. The minimum Gasteiger partial charge on any atom is -0.452 e. The number of nitrogens with zero attached hydrogens (tertiary/aromatic N) is 1. The molecule has 0 aromatic heterocycles. The molecule has 2 aromatic rings. The van der Waals surface area contributed by atoms with Crippen molar-refractivity contribution in [1.82, 2.24) is 9.62 Å². The van der Waals surface area contributed by atoms with Gasteiger partial charge in [0.05, 0.1) is 22.1 Å². The predicted octanol–water partition coefficient (Wildman–Crippen LogP) is 1.62. The van der Waals surface area contributed by atoms with Gasteiger partial charge in [0, 0.05) is 19.6 Å². The second-order valence-corrected chi connectivity index (χ2v) is 12.0. The number of ether oxygens (including phenoxy) is 1. The van der Waals surface area contributed by atoms with Gasteiger partial charge in [-0.2, -0.15) is 0 Å². The largest absolute Gasteiger partial charge is 0.452 e. The van der Waals surface area contributed by atoms with Gasteiger partial charge in [-0.3, -0.25) is 4.79 Å². The third kappa shape index (κ3) is 6.53. The Balaban J connectivity index is 1.64. The number of nitrogens with one attached hydrogen (secondary N) is 1. The average Bonchev–Trinajstić information content (AvgIpc) is 3.15. The van der Waals surface area contributed by atoms with Crippen LogP contribution in [-0.4, -0.2) is 64.8 Å². The highest BCUT2D eigenvalue weighted by Crippen LogP contribution is 2.23. The van der Waals surface area contributed by atoms with Gasteiger partial charge in [-0.25, -0.2) is 26.4 Å². The van der Waals surface area contributed by atoms with Crippen molar-refractivity contribution in [3.63, 3.8) is 0 Å². The van der Waals surface area contributed by atoms with Crippen molar-refractivity contribution >= 4 is 43.3 Å². The lowest BCUT2D eigenvalue weighted by Gasteiger charge is -2.23. The van der Waals surface area contributed by atoms with Crippen molar-refractivity contribution in [2.75, 3.05) is 25.2 Å². The number of carbonyl (C=O) groups is 2. The van der Waals surface area contributed by atoms with E-state index in [4.69, 9.17) is 16.3 Å². The zero-order valence-corrected chi connectivity index (χ0v) is 20.1. The molecular weight excluding hydrogens is 492 g/mol. The standard InChI is InChI=1S/C21H23ClN2O7S2/c1-24(17-9-10-32(27,28)14-17)20(25)13-31-21(26)16-7-8-18(22)19(11-16)33(29,30)23-12-15-5-3-2-4-6-15/h2-8,11,17,23H,9-10,12-14H2,1H3/t17-/m0/s1. The predicted molar refractivity (Wildman–Crippen MR) is 122 cm³/mol. The number of carbonyl (C=O) groups excluding carboxylic acids is 2. The molecule has 0 spiro atoms. The number of sulfone groups is 1. The Morgan fingerprint density at radius 2 is 1.88 bits per heavy atom. The quantitative estimate of drug-likeness (QED) is 0.530. The number of hydrogen-bond acceptors (Lipinski definition) is 7. The first-order chi connectivity index (χ1) is 15.5. The van der Waals surface area contributed by atoms with Gasteiger partial charge in [-0.05, 0) is 30.2 Å². The number of amides is 1. The zero-order chi connectivity index (χ0) is 24.2. The minimum absolute atomic E-state index is 0.00933. The van der Waals surface area contributed by atoms with Crippen LogP contribution in [0.1, 0.15) is 22.3 Å². The van der Waals surface area contributed by atoms with Crippen molar-refractivity contribution in [1.29, 1.82) is 0 Å². The van der Waals surface area contributed by atoms with E-state index in [1.54, 1.807) is 24.3 Å². The van der Waals surface area contributed by atoms with Crippen molar-refractivity contribution in [3.05, 3.63) is 64.7 Å². The van der Waals surface area contributed by atoms with Crippen LogP contribution in [-0.2, 0) is 35.9 Å². The van der Waals surface area contributed by atoms with Gasteiger partial charge in [0.15, 0.2) is 16.4 Å². The molecule has 0 radical (unpaired) electrons. The van der Waals surface area contributed by atoms with Gasteiger partial charge in [-0.15, -0.1) is 0 Å². The lowest BCUT2D eigenvalue weighted by molar-refractivity contribution is -0.134. The van der Waals surface area contributed by atoms with Gasteiger partial charge in [0.2, 0.25) is 10.0 Å². The molecule has 1 saturated heterocycles. The molecule has 1 atom stereocenters. The second kappa shape index (κ2) is 10.2. The lowest BCUT2D eigenvalue weighted by Crippen LogP contribution is -2.40. The fraction of sp³-hybridized carbons (Fsp3) is 0.333. The van der Waals surface area contributed by atoms with Crippen LogP contribution in [0.15, 0.2) is 53.4 Å². The summed E-state index contributed by atoms with van der Waals surface area (Å²) in [6.07, 6.45) is 0.326. The third-order valence-electron chi connectivity index (χ3n) is 5.24. The maximum Gasteiger partial charge on any atom is 0.338 e. The van der Waals surface area contributed by atoms with E-state index in [0.717, 1.165) is 11.6 Å². The Kier molecular flexibility index (Phi) is 7.78. The van der Waals surface area contributed by atoms with E-state index in [1.807, 2.05) is 6.07 Å². The Hall–Kier alpha value is -2.47. The number of hydrogen-bond donors (Lipinski definition) is 1. The van der Waals surface area contributed by atoms with Crippen molar-refractivity contribution in [3.8, 4) is 0 Å². The summed E-state index contributed by atoms with van der Waals surface area (Å²) in [4.78, 5) is 25.7. The monoisotopic (exact) mass is 514 g/mol. The van der Waals surface area contributed by atoms with Crippen LogP contribution in [0, 0.1) is 0 Å². The highest BCUT2D eigenvalue weighted by molar-refractivity contribution is 7.91.